The molecule has 66 valence electrons. The number of carboxylic acids is 1. The number of hydrogen-bond acceptors (Lipinski definition) is 5. The lowest BCUT2D eigenvalue weighted by Crippen LogP contribution is -2.00. The Labute approximate surface area is 67.8 Å². The molecule has 7 heteroatoms. The molecule has 0 bridgehead atoms. The Hall–Kier alpha value is -1.37. The van der Waals surface area contributed by atoms with Crippen LogP contribution in [0.25, 0.3) is 0 Å². The lowest BCUT2D eigenvalue weighted by Gasteiger charge is -1.85. The van der Waals surface area contributed by atoms with E-state index in [0.29, 0.717) is 0 Å². The fourth-order valence-electron chi connectivity index (χ4n) is 0.526. The molecule has 1 aromatic heterocycles. The minimum Gasteiger partial charge on any atom is -0.476 e. The van der Waals surface area contributed by atoms with E-state index in [4.69, 9.17) is 5.11 Å². The van der Waals surface area contributed by atoms with Gasteiger partial charge in [-0.15, -0.1) is 0 Å². The number of carbonyl (C=O) groups is 1. The largest absolute Gasteiger partial charge is 0.476 e. The number of aromatic nitrogens is 1. The van der Waals surface area contributed by atoms with Crippen LogP contribution in [0.2, 0.25) is 0 Å². The Kier molecular flexibility index (Phi) is 1.89. The Balaban J connectivity index is 3.17. The molecule has 1 heterocycles. The molecule has 1 N–H and O–H groups in total. The third-order valence-corrected chi connectivity index (χ3v) is 1.84. The van der Waals surface area contributed by atoms with Gasteiger partial charge >= 0.3 is 11.2 Å². The van der Waals surface area contributed by atoms with E-state index in [1.54, 1.807) is 0 Å². The number of hydrogen-bond donors (Lipinski definition) is 1. The Morgan fingerprint density at radius 2 is 2.25 bits per heavy atom. The van der Waals surface area contributed by atoms with Gasteiger partial charge in [-0.05, 0) is 0 Å². The molecule has 0 radical (unpaired) electrons. The zero-order valence-electron chi connectivity index (χ0n) is 6.01. The average Bonchev–Trinajstić information content (AvgIpc) is 2.30. The van der Waals surface area contributed by atoms with Crippen molar-refractivity contribution >= 4 is 15.8 Å². The van der Waals surface area contributed by atoms with Crippen LogP contribution >= 0.6 is 0 Å². The number of rotatable bonds is 2. The highest BCUT2D eigenvalue weighted by atomic mass is 32.2. The van der Waals surface area contributed by atoms with Crippen LogP contribution in [0.15, 0.2) is 15.9 Å². The predicted octanol–water partition coefficient (Wildman–Crippen LogP) is -0.224. The molecule has 0 spiro atoms. The van der Waals surface area contributed by atoms with Gasteiger partial charge in [-0.3, -0.25) is 0 Å². The number of nitrogens with zero attached hydrogens (tertiary/aromatic N) is 1. The molecule has 0 aliphatic carbocycles. The fourth-order valence-corrected chi connectivity index (χ4v) is 1.01. The summed E-state index contributed by atoms with van der Waals surface area (Å²) in [6, 6.07) is 0. The minimum atomic E-state index is -3.56. The smallest absolute Gasteiger partial charge is 0.357 e. The van der Waals surface area contributed by atoms with Gasteiger partial charge in [0, 0.05) is 6.26 Å². The van der Waals surface area contributed by atoms with Crippen molar-refractivity contribution in [3.05, 3.63) is 12.0 Å². The summed E-state index contributed by atoms with van der Waals surface area (Å²) >= 11 is 0. The fraction of sp³-hybridized carbons (Fsp3) is 0.200. The maximum atomic E-state index is 10.7. The first-order valence-electron chi connectivity index (χ1n) is 2.80. The summed E-state index contributed by atoms with van der Waals surface area (Å²) in [6.07, 6.45) is 1.66. The second-order valence-corrected chi connectivity index (χ2v) is 3.97. The second-order valence-electron chi connectivity index (χ2n) is 2.08. The maximum Gasteiger partial charge on any atom is 0.357 e. The molecule has 0 unspecified atom stereocenters. The van der Waals surface area contributed by atoms with E-state index >= 15 is 0 Å². The first-order chi connectivity index (χ1) is 5.41. The molecule has 0 atom stereocenters. The highest BCUT2D eigenvalue weighted by molar-refractivity contribution is 7.90. The number of oxazole rings is 1. The standard InChI is InChI=1S/C5H5NO5S/c1-12(9,10)5-6-3(2-11-5)4(7)8/h2H,1H3,(H,7,8). The molecule has 0 amide bonds. The minimum absolute atomic E-state index is 0.421. The molecule has 0 aromatic carbocycles. The van der Waals surface area contributed by atoms with Crippen LogP contribution in [0.4, 0.5) is 0 Å². The van der Waals surface area contributed by atoms with Crippen molar-refractivity contribution in [3.8, 4) is 0 Å². The number of sulfone groups is 1. The van der Waals surface area contributed by atoms with Gasteiger partial charge in [-0.2, -0.15) is 4.98 Å². The van der Waals surface area contributed by atoms with Crippen molar-refractivity contribution in [1.29, 1.82) is 0 Å². The molecular weight excluding hydrogens is 186 g/mol. The summed E-state index contributed by atoms with van der Waals surface area (Å²) in [5, 5.41) is 7.76. The zero-order valence-corrected chi connectivity index (χ0v) is 6.83. The van der Waals surface area contributed by atoms with Gasteiger partial charge in [0.1, 0.15) is 6.26 Å². The van der Waals surface area contributed by atoms with Gasteiger partial charge in [0.05, 0.1) is 0 Å². The molecule has 0 aliphatic heterocycles. The Morgan fingerprint density at radius 1 is 1.67 bits per heavy atom. The van der Waals surface area contributed by atoms with Gasteiger partial charge in [-0.1, -0.05) is 0 Å². The summed E-state index contributed by atoms with van der Waals surface area (Å²) in [6.45, 7) is 0. The monoisotopic (exact) mass is 191 g/mol. The lowest BCUT2D eigenvalue weighted by molar-refractivity contribution is 0.0690. The van der Waals surface area contributed by atoms with Crippen LogP contribution in [0.3, 0.4) is 0 Å². The third-order valence-electron chi connectivity index (χ3n) is 1.02. The van der Waals surface area contributed by atoms with Crippen LogP contribution in [0, 0.1) is 0 Å². The van der Waals surface area contributed by atoms with Crippen molar-refractivity contribution in [3.63, 3.8) is 0 Å². The first-order valence-corrected chi connectivity index (χ1v) is 4.69. The van der Waals surface area contributed by atoms with Crippen LogP contribution in [-0.2, 0) is 9.84 Å². The topological polar surface area (TPSA) is 97.5 Å². The van der Waals surface area contributed by atoms with E-state index in [9.17, 15) is 13.2 Å². The number of carboxylic acid groups (broad SMARTS) is 1. The van der Waals surface area contributed by atoms with Crippen LogP contribution in [0.5, 0.6) is 0 Å². The first kappa shape index (κ1) is 8.72. The highest BCUT2D eigenvalue weighted by Gasteiger charge is 2.17. The molecule has 6 nitrogen and oxygen atoms in total. The molecule has 0 fully saturated rings. The third kappa shape index (κ3) is 1.62. The van der Waals surface area contributed by atoms with Crippen molar-refractivity contribution < 1.29 is 22.7 Å². The van der Waals surface area contributed by atoms with Gasteiger partial charge < -0.3 is 9.52 Å². The van der Waals surface area contributed by atoms with Gasteiger partial charge in [0.25, 0.3) is 0 Å². The average molecular weight is 191 g/mol. The van der Waals surface area contributed by atoms with Crippen molar-refractivity contribution in [2.24, 2.45) is 0 Å². The summed E-state index contributed by atoms with van der Waals surface area (Å²) in [5.74, 6) is -1.33. The SMILES string of the molecule is CS(=O)(=O)c1nc(C(=O)O)co1. The zero-order chi connectivity index (χ0) is 9.35. The maximum absolute atomic E-state index is 10.7. The van der Waals surface area contributed by atoms with Crippen molar-refractivity contribution in [1.82, 2.24) is 4.98 Å². The molecule has 1 rings (SSSR count). The van der Waals surface area contributed by atoms with E-state index in [2.05, 4.69) is 9.40 Å². The van der Waals surface area contributed by atoms with E-state index in [0.717, 1.165) is 12.5 Å². The summed E-state index contributed by atoms with van der Waals surface area (Å²) in [4.78, 5) is 13.5. The molecule has 0 saturated carbocycles. The molecule has 1 aromatic rings. The molecule has 12 heavy (non-hydrogen) atoms. The Morgan fingerprint density at radius 3 is 2.50 bits per heavy atom. The van der Waals surface area contributed by atoms with Crippen molar-refractivity contribution in [2.75, 3.05) is 6.26 Å². The quantitative estimate of drug-likeness (QED) is 0.693. The highest BCUT2D eigenvalue weighted by Crippen LogP contribution is 2.07. The summed E-state index contributed by atoms with van der Waals surface area (Å²) < 4.78 is 25.8. The second kappa shape index (κ2) is 2.59. The van der Waals surface area contributed by atoms with Crippen molar-refractivity contribution in [2.45, 2.75) is 5.22 Å². The Bertz CT molecular complexity index is 403. The van der Waals surface area contributed by atoms with E-state index in [1.165, 1.54) is 0 Å². The molecular formula is C5H5NO5S. The van der Waals surface area contributed by atoms with E-state index < -0.39 is 26.7 Å². The molecule has 0 saturated heterocycles. The predicted molar refractivity (Wildman–Crippen MR) is 36.6 cm³/mol. The van der Waals surface area contributed by atoms with Gasteiger partial charge in [0.2, 0.25) is 9.84 Å². The van der Waals surface area contributed by atoms with E-state index in [1.807, 2.05) is 0 Å². The normalized spacial score (nSPS) is 11.4. The summed E-state index contributed by atoms with van der Waals surface area (Å²) in [7, 11) is -3.56. The van der Waals surface area contributed by atoms with Crippen LogP contribution < -0.4 is 0 Å². The molecule has 0 aliphatic rings. The van der Waals surface area contributed by atoms with Crippen LogP contribution in [-0.4, -0.2) is 30.7 Å². The number of aromatic carboxylic acids is 1. The lowest BCUT2D eigenvalue weighted by atomic mass is 10.5. The van der Waals surface area contributed by atoms with Crippen LogP contribution in [0.1, 0.15) is 10.5 Å². The van der Waals surface area contributed by atoms with Gasteiger partial charge in [0.15, 0.2) is 5.69 Å². The van der Waals surface area contributed by atoms with E-state index in [-0.39, 0.29) is 0 Å². The van der Waals surface area contributed by atoms with Gasteiger partial charge in [-0.25, -0.2) is 13.2 Å². The summed E-state index contributed by atoms with van der Waals surface area (Å²) in [5.41, 5.74) is -0.421.